The summed E-state index contributed by atoms with van der Waals surface area (Å²) in [5.74, 6) is 0.718. The molecular weight excluding hydrogens is 458 g/mol. The van der Waals surface area contributed by atoms with Gasteiger partial charge in [0.1, 0.15) is 0 Å². The van der Waals surface area contributed by atoms with Crippen molar-refractivity contribution < 1.29 is 18.3 Å². The first-order valence-corrected chi connectivity index (χ1v) is 8.77. The molecule has 0 amide bonds. The summed E-state index contributed by atoms with van der Waals surface area (Å²) < 4.78 is 37.7. The Morgan fingerprint density at radius 1 is 1.15 bits per heavy atom. The van der Waals surface area contributed by atoms with Crippen molar-refractivity contribution in [1.82, 2.24) is 10.6 Å². The van der Waals surface area contributed by atoms with E-state index in [1.165, 1.54) is 12.1 Å². The Balaban J connectivity index is 0.00000338. The number of guanidine groups is 1. The molecule has 4 nitrogen and oxygen atoms in total. The Hall–Kier alpha value is -1.03. The van der Waals surface area contributed by atoms with Crippen LogP contribution in [0.15, 0.2) is 29.3 Å². The highest BCUT2D eigenvalue weighted by molar-refractivity contribution is 14.0. The summed E-state index contributed by atoms with van der Waals surface area (Å²) in [6.45, 7) is 3.22. The minimum Gasteiger partial charge on any atom is -0.393 e. The predicted molar refractivity (Wildman–Crippen MR) is 108 cm³/mol. The van der Waals surface area contributed by atoms with Crippen LogP contribution in [0.5, 0.6) is 0 Å². The van der Waals surface area contributed by atoms with Gasteiger partial charge < -0.3 is 15.7 Å². The van der Waals surface area contributed by atoms with Crippen LogP contribution >= 0.6 is 24.0 Å². The molecule has 0 saturated heterocycles. The first-order chi connectivity index (χ1) is 11.9. The van der Waals surface area contributed by atoms with E-state index in [1.54, 1.807) is 0 Å². The first kappa shape index (κ1) is 23.0. The number of rotatable bonds is 5. The molecule has 0 bridgehead atoms. The van der Waals surface area contributed by atoms with Gasteiger partial charge in [-0.3, -0.25) is 4.99 Å². The van der Waals surface area contributed by atoms with Gasteiger partial charge in [0.2, 0.25) is 0 Å². The summed E-state index contributed by atoms with van der Waals surface area (Å²) in [6.07, 6.45) is -0.512. The molecule has 1 aliphatic rings. The van der Waals surface area contributed by atoms with Gasteiger partial charge in [0.15, 0.2) is 5.96 Å². The van der Waals surface area contributed by atoms with Gasteiger partial charge in [0.05, 0.1) is 11.7 Å². The van der Waals surface area contributed by atoms with Crippen LogP contribution in [0, 0.1) is 0 Å². The molecule has 0 radical (unpaired) electrons. The van der Waals surface area contributed by atoms with Gasteiger partial charge >= 0.3 is 6.18 Å². The van der Waals surface area contributed by atoms with Crippen molar-refractivity contribution >= 4 is 29.9 Å². The smallest absolute Gasteiger partial charge is 0.393 e. The average Bonchev–Trinajstić information content (AvgIpc) is 2.57. The van der Waals surface area contributed by atoms with Crippen molar-refractivity contribution in [2.75, 3.05) is 13.1 Å². The number of alkyl halides is 3. The maximum atomic E-state index is 12.6. The number of aliphatic hydroxyl groups excluding tert-OH is 1. The van der Waals surface area contributed by atoms with Crippen molar-refractivity contribution in [3.63, 3.8) is 0 Å². The van der Waals surface area contributed by atoms with Crippen LogP contribution in [0.4, 0.5) is 13.2 Å². The highest BCUT2D eigenvalue weighted by Gasteiger charge is 2.29. The molecule has 3 N–H and O–H groups in total. The third-order valence-electron chi connectivity index (χ3n) is 4.33. The molecule has 1 fully saturated rings. The molecule has 1 saturated carbocycles. The Morgan fingerprint density at radius 2 is 1.77 bits per heavy atom. The lowest BCUT2D eigenvalue weighted by atomic mass is 9.93. The van der Waals surface area contributed by atoms with E-state index >= 15 is 0 Å². The van der Waals surface area contributed by atoms with Gasteiger partial charge in [-0.05, 0) is 56.7 Å². The minimum absolute atomic E-state index is 0. The zero-order valence-electron chi connectivity index (χ0n) is 14.9. The summed E-state index contributed by atoms with van der Waals surface area (Å²) in [4.78, 5) is 4.50. The molecule has 2 rings (SSSR count). The largest absolute Gasteiger partial charge is 0.416 e. The molecular formula is C18H27F3IN3O. The van der Waals surface area contributed by atoms with Crippen molar-refractivity contribution in [3.8, 4) is 0 Å². The van der Waals surface area contributed by atoms with E-state index in [-0.39, 0.29) is 30.1 Å². The van der Waals surface area contributed by atoms with Crippen LogP contribution in [0.2, 0.25) is 0 Å². The maximum absolute atomic E-state index is 12.6. The van der Waals surface area contributed by atoms with Crippen LogP contribution in [-0.4, -0.2) is 36.3 Å². The lowest BCUT2D eigenvalue weighted by Gasteiger charge is -2.27. The van der Waals surface area contributed by atoms with E-state index in [1.807, 2.05) is 6.92 Å². The van der Waals surface area contributed by atoms with E-state index in [9.17, 15) is 18.3 Å². The lowest BCUT2D eigenvalue weighted by Crippen LogP contribution is -2.45. The summed E-state index contributed by atoms with van der Waals surface area (Å²) in [6, 6.07) is 5.51. The molecule has 26 heavy (non-hydrogen) atoms. The number of hydrogen-bond donors (Lipinski definition) is 3. The molecule has 0 aromatic heterocycles. The summed E-state index contributed by atoms with van der Waals surface area (Å²) in [7, 11) is 0. The highest BCUT2D eigenvalue weighted by Crippen LogP contribution is 2.29. The number of aliphatic hydroxyl groups is 1. The number of aliphatic imine (C=N–C) groups is 1. The van der Waals surface area contributed by atoms with E-state index in [0.29, 0.717) is 19.0 Å². The number of nitrogens with zero attached hydrogens (tertiary/aromatic N) is 1. The standard InChI is InChI=1S/C18H26F3N3O.HI/c1-2-22-17(24-15-7-9-16(25)10-8-15)23-12-11-13-3-5-14(6-4-13)18(19,20)21;/h3-6,15-16,25H,2,7-12H2,1H3,(H2,22,23,24);1H. The van der Waals surface area contributed by atoms with Gasteiger partial charge in [0, 0.05) is 19.1 Å². The Bertz CT molecular complexity index is 556. The van der Waals surface area contributed by atoms with E-state index in [4.69, 9.17) is 0 Å². The number of nitrogens with one attached hydrogen (secondary N) is 2. The maximum Gasteiger partial charge on any atom is 0.416 e. The fourth-order valence-electron chi connectivity index (χ4n) is 2.89. The van der Waals surface area contributed by atoms with E-state index in [2.05, 4.69) is 15.6 Å². The lowest BCUT2D eigenvalue weighted by molar-refractivity contribution is -0.137. The fourth-order valence-corrected chi connectivity index (χ4v) is 2.89. The second-order valence-corrected chi connectivity index (χ2v) is 6.36. The molecule has 0 unspecified atom stereocenters. The quantitative estimate of drug-likeness (QED) is 0.339. The average molecular weight is 485 g/mol. The van der Waals surface area contributed by atoms with Crippen LogP contribution in [0.1, 0.15) is 43.7 Å². The summed E-state index contributed by atoms with van der Waals surface area (Å²) in [5, 5.41) is 16.1. The van der Waals surface area contributed by atoms with Gasteiger partial charge in [-0.25, -0.2) is 0 Å². The zero-order valence-corrected chi connectivity index (χ0v) is 17.2. The van der Waals surface area contributed by atoms with E-state index in [0.717, 1.165) is 55.9 Å². The molecule has 8 heteroatoms. The number of benzene rings is 1. The van der Waals surface area contributed by atoms with Gasteiger partial charge in [0.25, 0.3) is 0 Å². The minimum atomic E-state index is -4.30. The Morgan fingerprint density at radius 3 is 2.31 bits per heavy atom. The third kappa shape index (κ3) is 7.69. The molecule has 0 heterocycles. The molecule has 0 atom stereocenters. The first-order valence-electron chi connectivity index (χ1n) is 8.77. The normalized spacial score (nSPS) is 21.0. The fraction of sp³-hybridized carbons (Fsp3) is 0.611. The van der Waals surface area contributed by atoms with Gasteiger partial charge in [-0.2, -0.15) is 13.2 Å². The van der Waals surface area contributed by atoms with Crippen molar-refractivity contribution in [2.45, 2.75) is 57.3 Å². The van der Waals surface area contributed by atoms with Crippen LogP contribution in [-0.2, 0) is 12.6 Å². The topological polar surface area (TPSA) is 56.7 Å². The molecule has 1 aromatic carbocycles. The van der Waals surface area contributed by atoms with Crippen molar-refractivity contribution in [1.29, 1.82) is 0 Å². The van der Waals surface area contributed by atoms with Crippen molar-refractivity contribution in [2.24, 2.45) is 4.99 Å². The molecule has 0 aliphatic heterocycles. The van der Waals surface area contributed by atoms with Gasteiger partial charge in [-0.15, -0.1) is 24.0 Å². The van der Waals surface area contributed by atoms with Crippen LogP contribution in [0.3, 0.4) is 0 Å². The second kappa shape index (κ2) is 11.0. The number of hydrogen-bond acceptors (Lipinski definition) is 2. The Kier molecular flexibility index (Phi) is 9.70. The molecule has 148 valence electrons. The van der Waals surface area contributed by atoms with Gasteiger partial charge in [-0.1, -0.05) is 12.1 Å². The predicted octanol–water partition coefficient (Wildman–Crippen LogP) is 3.72. The SMILES string of the molecule is CCNC(=NCCc1ccc(C(F)(F)F)cc1)NC1CCC(O)CC1.I. The highest BCUT2D eigenvalue weighted by atomic mass is 127. The molecule has 1 aromatic rings. The molecule has 0 spiro atoms. The monoisotopic (exact) mass is 485 g/mol. The Labute approximate surface area is 169 Å². The number of halogens is 4. The van der Waals surface area contributed by atoms with Crippen LogP contribution < -0.4 is 10.6 Å². The van der Waals surface area contributed by atoms with Crippen LogP contribution in [0.25, 0.3) is 0 Å². The summed E-state index contributed by atoms with van der Waals surface area (Å²) >= 11 is 0. The van der Waals surface area contributed by atoms with Crippen molar-refractivity contribution in [3.05, 3.63) is 35.4 Å². The third-order valence-corrected chi connectivity index (χ3v) is 4.33. The zero-order chi connectivity index (χ0) is 18.3. The molecule has 1 aliphatic carbocycles. The van der Waals surface area contributed by atoms with E-state index < -0.39 is 11.7 Å². The second-order valence-electron chi connectivity index (χ2n) is 6.36. The summed E-state index contributed by atoms with van der Waals surface area (Å²) in [5.41, 5.74) is 0.197.